The zero-order valence-electron chi connectivity index (χ0n) is 7.85. The Bertz CT molecular complexity index is 155. The second-order valence-corrected chi connectivity index (χ2v) is 3.96. The molecule has 0 saturated carbocycles. The smallest absolute Gasteiger partial charge is 0.245 e. The summed E-state index contributed by atoms with van der Waals surface area (Å²) in [7, 11) is 1.79. The Kier molecular flexibility index (Phi) is 3.30. The number of hydrogen-bond donors (Lipinski definition) is 0. The van der Waals surface area contributed by atoms with Gasteiger partial charge in [-0.3, -0.25) is 4.79 Å². The highest BCUT2D eigenvalue weighted by molar-refractivity contribution is 5.86. The van der Waals surface area contributed by atoms with Crippen molar-refractivity contribution < 1.29 is 4.79 Å². The molecule has 11 heavy (non-hydrogen) atoms. The number of likely N-dealkylation sites (N-methyl/N-ethyl adjacent to an activating group) is 1. The minimum atomic E-state index is -0.0140. The number of rotatable bonds is 2. The van der Waals surface area contributed by atoms with Crippen LogP contribution in [-0.4, -0.2) is 24.4 Å². The quantitative estimate of drug-likeness (QED) is 0.555. The van der Waals surface area contributed by atoms with Crippen molar-refractivity contribution in [1.82, 2.24) is 4.90 Å². The fourth-order valence-electron chi connectivity index (χ4n) is 0.945. The molecule has 0 spiro atoms. The van der Waals surface area contributed by atoms with Gasteiger partial charge in [-0.15, -0.1) is 0 Å². The minimum absolute atomic E-state index is 0.0140. The molecule has 0 aliphatic carbocycles. The van der Waals surface area contributed by atoms with E-state index < -0.39 is 0 Å². The van der Waals surface area contributed by atoms with Crippen molar-refractivity contribution in [2.45, 2.75) is 20.8 Å². The maximum Gasteiger partial charge on any atom is 0.245 e. The van der Waals surface area contributed by atoms with E-state index in [2.05, 4.69) is 27.4 Å². The molecule has 0 aromatic heterocycles. The number of amides is 1. The summed E-state index contributed by atoms with van der Waals surface area (Å²) in [5, 5.41) is 0. The third-order valence-electron chi connectivity index (χ3n) is 1.26. The Hall–Kier alpha value is -0.790. The van der Waals surface area contributed by atoms with Crippen molar-refractivity contribution in [2.24, 2.45) is 5.41 Å². The van der Waals surface area contributed by atoms with Gasteiger partial charge in [0, 0.05) is 13.6 Å². The predicted molar refractivity (Wildman–Crippen MR) is 47.3 cm³/mol. The van der Waals surface area contributed by atoms with Crippen LogP contribution in [0, 0.1) is 5.41 Å². The average molecular weight is 155 g/mol. The Balaban J connectivity index is 3.97. The van der Waals surface area contributed by atoms with Gasteiger partial charge >= 0.3 is 0 Å². The van der Waals surface area contributed by atoms with Crippen LogP contribution in [0.25, 0.3) is 0 Å². The Morgan fingerprint density at radius 3 is 2.27 bits per heavy atom. The Labute approximate surface area is 68.9 Å². The first-order valence-electron chi connectivity index (χ1n) is 3.74. The van der Waals surface area contributed by atoms with E-state index in [1.54, 1.807) is 11.9 Å². The number of nitrogens with zero attached hydrogens (tertiary/aromatic N) is 1. The van der Waals surface area contributed by atoms with E-state index in [1.807, 2.05) is 0 Å². The van der Waals surface area contributed by atoms with Crippen LogP contribution in [0.4, 0.5) is 0 Å². The van der Waals surface area contributed by atoms with Gasteiger partial charge in [0.2, 0.25) is 5.91 Å². The largest absolute Gasteiger partial charge is 0.342 e. The first-order chi connectivity index (χ1) is 4.87. The average Bonchev–Trinajstić information content (AvgIpc) is 1.82. The van der Waals surface area contributed by atoms with Crippen LogP contribution in [0.1, 0.15) is 20.8 Å². The van der Waals surface area contributed by atoms with Crippen LogP contribution in [0.5, 0.6) is 0 Å². The van der Waals surface area contributed by atoms with E-state index in [1.165, 1.54) is 6.08 Å². The molecule has 0 N–H and O–H groups in total. The fraction of sp³-hybridized carbons (Fsp3) is 0.667. The van der Waals surface area contributed by atoms with E-state index >= 15 is 0 Å². The lowest BCUT2D eigenvalue weighted by atomic mass is 9.96. The summed E-state index contributed by atoms with van der Waals surface area (Å²) in [4.78, 5) is 12.7. The maximum absolute atomic E-state index is 11.0. The van der Waals surface area contributed by atoms with Gasteiger partial charge in [0.05, 0.1) is 0 Å². The van der Waals surface area contributed by atoms with Crippen LogP contribution in [0.3, 0.4) is 0 Å². The zero-order valence-corrected chi connectivity index (χ0v) is 7.85. The van der Waals surface area contributed by atoms with Crippen molar-refractivity contribution in [1.29, 1.82) is 0 Å². The van der Waals surface area contributed by atoms with E-state index in [9.17, 15) is 4.79 Å². The summed E-state index contributed by atoms with van der Waals surface area (Å²) >= 11 is 0. The van der Waals surface area contributed by atoms with Crippen LogP contribution in [-0.2, 0) is 4.79 Å². The van der Waals surface area contributed by atoms with Crippen LogP contribution in [0.15, 0.2) is 12.7 Å². The van der Waals surface area contributed by atoms with Gasteiger partial charge in [-0.1, -0.05) is 27.4 Å². The molecule has 0 unspecified atom stereocenters. The third-order valence-corrected chi connectivity index (χ3v) is 1.26. The molecule has 0 heterocycles. The summed E-state index contributed by atoms with van der Waals surface area (Å²) in [5.74, 6) is -0.0140. The van der Waals surface area contributed by atoms with E-state index in [-0.39, 0.29) is 11.3 Å². The molecule has 1 amide bonds. The molecule has 0 aromatic rings. The van der Waals surface area contributed by atoms with Crippen LogP contribution >= 0.6 is 0 Å². The SMILES string of the molecule is C=CC(=O)N(C)CC(C)(C)C. The molecule has 0 atom stereocenters. The summed E-state index contributed by atoms with van der Waals surface area (Å²) < 4.78 is 0. The van der Waals surface area contributed by atoms with E-state index in [4.69, 9.17) is 0 Å². The molecule has 0 fully saturated rings. The maximum atomic E-state index is 11.0. The predicted octanol–water partition coefficient (Wildman–Crippen LogP) is 1.68. The minimum Gasteiger partial charge on any atom is -0.342 e. The first-order valence-corrected chi connectivity index (χ1v) is 3.74. The van der Waals surface area contributed by atoms with Gasteiger partial charge in [-0.2, -0.15) is 0 Å². The molecule has 2 nitrogen and oxygen atoms in total. The fourth-order valence-corrected chi connectivity index (χ4v) is 0.945. The van der Waals surface area contributed by atoms with Crippen LogP contribution < -0.4 is 0 Å². The van der Waals surface area contributed by atoms with Crippen LogP contribution in [0.2, 0.25) is 0 Å². The van der Waals surface area contributed by atoms with Gasteiger partial charge in [-0.25, -0.2) is 0 Å². The Morgan fingerprint density at radius 1 is 1.55 bits per heavy atom. The summed E-state index contributed by atoms with van der Waals surface area (Å²) in [5.41, 5.74) is 0.160. The van der Waals surface area contributed by atoms with Crippen molar-refractivity contribution >= 4 is 5.91 Å². The van der Waals surface area contributed by atoms with Crippen molar-refractivity contribution in [2.75, 3.05) is 13.6 Å². The highest BCUT2D eigenvalue weighted by Gasteiger charge is 2.15. The van der Waals surface area contributed by atoms with Crippen molar-refractivity contribution in [3.63, 3.8) is 0 Å². The van der Waals surface area contributed by atoms with Crippen molar-refractivity contribution in [3.05, 3.63) is 12.7 Å². The number of carbonyl (C=O) groups is 1. The van der Waals surface area contributed by atoms with Gasteiger partial charge in [0.25, 0.3) is 0 Å². The van der Waals surface area contributed by atoms with Gasteiger partial charge < -0.3 is 4.90 Å². The standard InChI is InChI=1S/C9H17NO/c1-6-8(11)10(5)7-9(2,3)4/h6H,1,7H2,2-5H3. The molecule has 64 valence electrons. The highest BCUT2D eigenvalue weighted by Crippen LogP contribution is 2.13. The molecule has 0 radical (unpaired) electrons. The topological polar surface area (TPSA) is 20.3 Å². The monoisotopic (exact) mass is 155 g/mol. The zero-order chi connectivity index (χ0) is 9.07. The second-order valence-electron chi connectivity index (χ2n) is 3.96. The molecule has 0 aliphatic rings. The molecular formula is C9H17NO. The summed E-state index contributed by atoms with van der Waals surface area (Å²) in [6, 6.07) is 0. The molecule has 0 bridgehead atoms. The number of hydrogen-bond acceptors (Lipinski definition) is 1. The van der Waals surface area contributed by atoms with Crippen molar-refractivity contribution in [3.8, 4) is 0 Å². The summed E-state index contributed by atoms with van der Waals surface area (Å²) in [6.07, 6.45) is 1.34. The van der Waals surface area contributed by atoms with Gasteiger partial charge in [-0.05, 0) is 11.5 Å². The molecule has 0 aromatic carbocycles. The van der Waals surface area contributed by atoms with Gasteiger partial charge in [0.15, 0.2) is 0 Å². The van der Waals surface area contributed by atoms with E-state index in [0.29, 0.717) is 0 Å². The third kappa shape index (κ3) is 4.59. The molecule has 0 saturated heterocycles. The lowest BCUT2D eigenvalue weighted by molar-refractivity contribution is -0.125. The summed E-state index contributed by atoms with van der Waals surface area (Å²) in [6.45, 7) is 10.5. The normalized spacial score (nSPS) is 10.9. The lowest BCUT2D eigenvalue weighted by Gasteiger charge is -2.25. The second kappa shape index (κ2) is 3.56. The Morgan fingerprint density at radius 2 is 2.00 bits per heavy atom. The highest BCUT2D eigenvalue weighted by atomic mass is 16.2. The number of carbonyl (C=O) groups excluding carboxylic acids is 1. The molecular weight excluding hydrogens is 138 g/mol. The van der Waals surface area contributed by atoms with Gasteiger partial charge in [0.1, 0.15) is 0 Å². The molecule has 2 heteroatoms. The molecule has 0 aliphatic heterocycles. The van der Waals surface area contributed by atoms with E-state index in [0.717, 1.165) is 6.54 Å². The first kappa shape index (κ1) is 10.2. The lowest BCUT2D eigenvalue weighted by Crippen LogP contribution is -2.33. The molecule has 0 rings (SSSR count).